The van der Waals surface area contributed by atoms with E-state index in [0.717, 1.165) is 30.0 Å². The quantitative estimate of drug-likeness (QED) is 0.124. The van der Waals surface area contributed by atoms with Gasteiger partial charge in [-0.1, -0.05) is 66.8 Å². The first-order chi connectivity index (χ1) is 34.0. The molecule has 4 aliphatic heterocycles. The Kier molecular flexibility index (Phi) is 14.1. The van der Waals surface area contributed by atoms with Crippen molar-refractivity contribution in [3.63, 3.8) is 0 Å². The molecule has 0 spiro atoms. The van der Waals surface area contributed by atoms with Gasteiger partial charge in [0.05, 0.1) is 24.2 Å². The predicted molar refractivity (Wildman–Crippen MR) is 244 cm³/mol. The van der Waals surface area contributed by atoms with Crippen LogP contribution in [0.5, 0.6) is 11.5 Å². The van der Waals surface area contributed by atoms with E-state index in [4.69, 9.17) is 4.74 Å². The maximum atomic E-state index is 14.1. The first kappa shape index (κ1) is 49.1. The molecule has 4 bridgehead atoms. The van der Waals surface area contributed by atoms with Gasteiger partial charge in [0.2, 0.25) is 10.9 Å². The molecule has 4 atom stereocenters. The molecule has 4 aliphatic rings. The van der Waals surface area contributed by atoms with Crippen LogP contribution in [0.1, 0.15) is 72.2 Å². The lowest BCUT2D eigenvalue weighted by Gasteiger charge is -2.42. The smallest absolute Gasteiger partial charge is 0.278 e. The van der Waals surface area contributed by atoms with Crippen LogP contribution in [0.15, 0.2) is 113 Å². The zero-order valence-corrected chi connectivity index (χ0v) is 37.8. The molecule has 3 N–H and O–H groups in total. The van der Waals surface area contributed by atoms with Crippen molar-refractivity contribution < 1.29 is 55.4 Å². The third-order valence-corrected chi connectivity index (χ3v) is 12.3. The molecule has 0 saturated heterocycles. The van der Waals surface area contributed by atoms with Gasteiger partial charge in [-0.3, -0.25) is 48.1 Å². The molecule has 2 aromatic heterocycles. The van der Waals surface area contributed by atoms with Crippen LogP contribution in [-0.2, 0) is 19.7 Å². The first-order valence-electron chi connectivity index (χ1n) is 22.0. The topological polar surface area (TPSA) is 179 Å². The summed E-state index contributed by atoms with van der Waals surface area (Å²) in [6, 6.07) is 12.4. The number of nitrogens with one attached hydrogen (secondary N) is 2. The molecule has 370 valence electrons. The SMILES string of the molecule is C[C@H]1C=C[C@@H](CF)N2CN1n1cc(C(=O)NCc3ccc(F)cc3F)c(=O)c(O)c1C2=O.C[C@H]1C=C[C@@H](CF)N2CN1n1cc(C(=O)NCc3ccc(F)cc3F)c(=O)c(OCc3ccccc3)c1C2=O. The van der Waals surface area contributed by atoms with Crippen LogP contribution >= 0.6 is 0 Å². The van der Waals surface area contributed by atoms with Gasteiger partial charge in [0, 0.05) is 48.7 Å². The Morgan fingerprint density at radius 3 is 1.59 bits per heavy atom. The fraction of sp³-hybridized carbons (Fsp3) is 0.265. The molecule has 22 heteroatoms. The van der Waals surface area contributed by atoms with Gasteiger partial charge in [-0.05, 0) is 31.5 Å². The number of benzene rings is 3. The number of nitrogens with zero attached hydrogens (tertiary/aromatic N) is 6. The van der Waals surface area contributed by atoms with Crippen molar-refractivity contribution in [3.8, 4) is 11.5 Å². The second kappa shape index (κ2) is 20.3. The second-order valence-electron chi connectivity index (χ2n) is 16.8. The molecule has 0 unspecified atom stereocenters. The van der Waals surface area contributed by atoms with Gasteiger partial charge in [0.25, 0.3) is 23.6 Å². The lowest BCUT2D eigenvalue weighted by Crippen LogP contribution is -2.58. The van der Waals surface area contributed by atoms with Crippen molar-refractivity contribution >= 4 is 23.6 Å². The molecule has 71 heavy (non-hydrogen) atoms. The van der Waals surface area contributed by atoms with E-state index in [0.29, 0.717) is 12.1 Å². The summed E-state index contributed by atoms with van der Waals surface area (Å²) >= 11 is 0. The Balaban J connectivity index is 0.000000194. The van der Waals surface area contributed by atoms with Crippen LogP contribution in [0, 0.1) is 23.3 Å². The fourth-order valence-electron chi connectivity index (χ4n) is 8.29. The number of hydrogen-bond donors (Lipinski definition) is 3. The molecular formula is C49H44F6N8O8. The minimum Gasteiger partial charge on any atom is -0.502 e. The highest BCUT2D eigenvalue weighted by Crippen LogP contribution is 2.29. The van der Waals surface area contributed by atoms with E-state index in [2.05, 4.69) is 10.6 Å². The van der Waals surface area contributed by atoms with Gasteiger partial charge in [0.15, 0.2) is 22.9 Å². The highest BCUT2D eigenvalue weighted by Gasteiger charge is 2.41. The Labute approximate surface area is 400 Å². The number of aromatic hydroxyl groups is 1. The Morgan fingerprint density at radius 2 is 1.11 bits per heavy atom. The summed E-state index contributed by atoms with van der Waals surface area (Å²) < 4.78 is 90.0. The first-order valence-corrected chi connectivity index (χ1v) is 22.0. The van der Waals surface area contributed by atoms with Crippen molar-refractivity contribution in [2.24, 2.45) is 0 Å². The van der Waals surface area contributed by atoms with Gasteiger partial charge in [-0.25, -0.2) is 26.3 Å². The van der Waals surface area contributed by atoms with Crippen molar-refractivity contribution in [1.82, 2.24) is 29.8 Å². The summed E-state index contributed by atoms with van der Waals surface area (Å²) in [4.78, 5) is 81.1. The summed E-state index contributed by atoms with van der Waals surface area (Å²) in [5.41, 5.74) is -2.52. The predicted octanol–water partition coefficient (Wildman–Crippen LogP) is 4.69. The van der Waals surface area contributed by atoms with Gasteiger partial charge < -0.3 is 30.3 Å². The zero-order valence-electron chi connectivity index (χ0n) is 37.8. The van der Waals surface area contributed by atoms with Crippen LogP contribution in [0.3, 0.4) is 0 Å². The molecule has 9 rings (SSSR count). The minimum atomic E-state index is -1.10. The number of carbonyl (C=O) groups excluding carboxylic acids is 4. The average Bonchev–Trinajstić information content (AvgIpc) is 3.60. The zero-order chi connectivity index (χ0) is 50.8. The fourth-order valence-corrected chi connectivity index (χ4v) is 8.29. The molecule has 0 fully saturated rings. The summed E-state index contributed by atoms with van der Waals surface area (Å²) in [5.74, 6) is -7.67. The number of fused-ring (bicyclic) bond motifs is 8. The van der Waals surface area contributed by atoms with E-state index in [1.807, 2.05) is 13.0 Å². The van der Waals surface area contributed by atoms with E-state index < -0.39 is 94.5 Å². The lowest BCUT2D eigenvalue weighted by atomic mass is 10.1. The van der Waals surface area contributed by atoms with Crippen LogP contribution in [0.2, 0.25) is 0 Å². The van der Waals surface area contributed by atoms with Gasteiger partial charge in [-0.2, -0.15) is 0 Å². The van der Waals surface area contributed by atoms with Gasteiger partial charge in [-0.15, -0.1) is 0 Å². The molecule has 0 radical (unpaired) electrons. The van der Waals surface area contributed by atoms with Crippen molar-refractivity contribution in [3.05, 3.63) is 186 Å². The van der Waals surface area contributed by atoms with Gasteiger partial charge in [0.1, 0.15) is 67.7 Å². The molecule has 0 aliphatic carbocycles. The number of pyridine rings is 2. The highest BCUT2D eigenvalue weighted by molar-refractivity contribution is 6.01. The number of carbonyl (C=O) groups is 4. The van der Waals surface area contributed by atoms with Crippen molar-refractivity contribution in [2.45, 2.75) is 57.7 Å². The number of hydrogen-bond acceptors (Lipinski definition) is 10. The molecular weight excluding hydrogens is 943 g/mol. The Morgan fingerprint density at radius 1 is 0.648 bits per heavy atom. The Hall–Kier alpha value is -8.30. The van der Waals surface area contributed by atoms with E-state index in [1.165, 1.54) is 37.5 Å². The maximum Gasteiger partial charge on any atom is 0.278 e. The van der Waals surface area contributed by atoms with Crippen LogP contribution in [0.4, 0.5) is 26.3 Å². The van der Waals surface area contributed by atoms with Crippen molar-refractivity contribution in [1.29, 1.82) is 0 Å². The molecule has 5 aromatic rings. The van der Waals surface area contributed by atoms with Crippen LogP contribution in [0.25, 0.3) is 0 Å². The summed E-state index contributed by atoms with van der Waals surface area (Å²) in [7, 11) is 0. The second-order valence-corrected chi connectivity index (χ2v) is 16.8. The molecule has 6 heterocycles. The highest BCUT2D eigenvalue weighted by atomic mass is 19.2. The molecule has 3 aromatic carbocycles. The maximum absolute atomic E-state index is 14.1. The number of ether oxygens (including phenoxy) is 1. The Bertz CT molecular complexity index is 3110. The third kappa shape index (κ3) is 9.68. The lowest BCUT2D eigenvalue weighted by molar-refractivity contribution is 0.0610. The average molecular weight is 987 g/mol. The van der Waals surface area contributed by atoms with E-state index in [9.17, 15) is 60.2 Å². The summed E-state index contributed by atoms with van der Waals surface area (Å²) in [6.45, 7) is 1.22. The number of rotatable bonds is 11. The number of aromatic nitrogens is 2. The van der Waals surface area contributed by atoms with Crippen molar-refractivity contribution in [2.75, 3.05) is 36.7 Å². The normalized spacial score (nSPS) is 18.7. The largest absolute Gasteiger partial charge is 0.502 e. The summed E-state index contributed by atoms with van der Waals surface area (Å²) in [5, 5.41) is 18.6. The molecule has 4 amide bonds. The standard InChI is InChI=1S/C28H25F3N4O4.C21H19F3N4O4/c1-17-7-10-21(12-29)33-16-35(17)34-14-22(27(37)32-13-19-8-9-20(30)11-23(19)31)25(36)26(24(34)28(33)38)39-15-18-5-3-2-4-6-18;1-11-2-5-14(7-22)26-10-28(11)27-9-15(18(29)19(30)17(27)21(26)32)20(31)25-8-12-3-4-13(23)6-16(12)24/h2-11,14,17,21H,12-13,15-16H2,1H3,(H,32,37);2-6,9,11,14,30H,7-8,10H2,1H3,(H,25,31)/t17-,21-;11-,14-/m00/s1. The number of amides is 4. The van der Waals surface area contributed by atoms with E-state index >= 15 is 0 Å². The third-order valence-electron chi connectivity index (χ3n) is 12.3. The number of halogens is 6. The van der Waals surface area contributed by atoms with Gasteiger partial charge >= 0.3 is 0 Å². The van der Waals surface area contributed by atoms with Crippen LogP contribution in [-0.4, -0.2) is 98.7 Å². The van der Waals surface area contributed by atoms with Crippen LogP contribution < -0.4 is 36.2 Å². The monoisotopic (exact) mass is 986 g/mol. The minimum absolute atomic E-state index is 0.00334. The molecule has 0 saturated carbocycles. The number of alkyl halides is 2. The summed E-state index contributed by atoms with van der Waals surface area (Å²) in [6.07, 6.45) is 8.91. The van der Waals surface area contributed by atoms with E-state index in [1.54, 1.807) is 59.4 Å². The van der Waals surface area contributed by atoms with E-state index in [-0.39, 0.29) is 78.9 Å². The molecule has 16 nitrogen and oxygen atoms in total.